The number of nitriles is 1. The zero-order valence-electron chi connectivity index (χ0n) is 18.5. The third-order valence-corrected chi connectivity index (χ3v) is 4.95. The molecular formula is C30H18IrN4-2. The molecule has 5 heteroatoms. The standard InChI is InChI=1S/C17H12N.C13H6N3.Ir/c1-3-7-14(8-4-1)16-11-12-17(18-13-16)15-9-5-2-6-10-15;1-15-13-8-10(5-6-11(13)9-14)12-4-2-3-7-16-12;/h1-9,11-13H;2-7H;/q2*-1;. The van der Waals surface area contributed by atoms with Gasteiger partial charge >= 0.3 is 0 Å². The van der Waals surface area contributed by atoms with Gasteiger partial charge in [-0.2, -0.15) is 0 Å². The monoisotopic (exact) mass is 627 g/mol. The zero-order chi connectivity index (χ0) is 23.6. The van der Waals surface area contributed by atoms with Crippen molar-refractivity contribution >= 4 is 5.69 Å². The van der Waals surface area contributed by atoms with Crippen LogP contribution in [0.5, 0.6) is 0 Å². The molecule has 5 rings (SSSR count). The minimum atomic E-state index is 0. The van der Waals surface area contributed by atoms with Gasteiger partial charge in [-0.1, -0.05) is 54.6 Å². The van der Waals surface area contributed by atoms with Crippen LogP contribution in [0, 0.1) is 30.0 Å². The molecule has 5 aromatic rings. The fraction of sp³-hybridized carbons (Fsp3) is 0. The molecule has 2 heterocycles. The summed E-state index contributed by atoms with van der Waals surface area (Å²) in [5.41, 5.74) is 6.36. The Morgan fingerprint density at radius 2 is 1.51 bits per heavy atom. The van der Waals surface area contributed by atoms with Crippen LogP contribution in [-0.2, 0) is 20.1 Å². The molecule has 0 aliphatic heterocycles. The van der Waals surface area contributed by atoms with E-state index in [9.17, 15) is 0 Å². The first-order valence-corrected chi connectivity index (χ1v) is 10.5. The Kier molecular flexibility index (Phi) is 9.17. The van der Waals surface area contributed by atoms with Gasteiger partial charge in [0.15, 0.2) is 0 Å². The van der Waals surface area contributed by atoms with Gasteiger partial charge in [0.2, 0.25) is 0 Å². The first-order chi connectivity index (χ1) is 16.8. The third kappa shape index (κ3) is 6.56. The molecule has 0 aliphatic carbocycles. The summed E-state index contributed by atoms with van der Waals surface area (Å²) >= 11 is 0. The maximum Gasteiger partial charge on any atom is 0.123 e. The van der Waals surface area contributed by atoms with Gasteiger partial charge in [-0.15, -0.1) is 59.7 Å². The maximum atomic E-state index is 8.78. The molecule has 0 saturated carbocycles. The number of benzene rings is 3. The van der Waals surface area contributed by atoms with E-state index in [0.29, 0.717) is 5.56 Å². The summed E-state index contributed by atoms with van der Waals surface area (Å²) in [5.74, 6) is 0. The van der Waals surface area contributed by atoms with Gasteiger partial charge in [-0.3, -0.25) is 4.85 Å². The molecule has 0 unspecified atom stereocenters. The molecule has 0 amide bonds. The van der Waals surface area contributed by atoms with E-state index in [-0.39, 0.29) is 25.8 Å². The average molecular weight is 627 g/mol. The van der Waals surface area contributed by atoms with Crippen molar-refractivity contribution in [3.05, 3.63) is 139 Å². The van der Waals surface area contributed by atoms with E-state index in [2.05, 4.69) is 45.1 Å². The van der Waals surface area contributed by atoms with Gasteiger partial charge in [0.1, 0.15) is 5.69 Å². The molecule has 0 atom stereocenters. The van der Waals surface area contributed by atoms with Crippen LogP contribution >= 0.6 is 0 Å². The van der Waals surface area contributed by atoms with Crippen LogP contribution in [0.3, 0.4) is 0 Å². The van der Waals surface area contributed by atoms with Gasteiger partial charge in [0, 0.05) is 38.6 Å². The summed E-state index contributed by atoms with van der Waals surface area (Å²) in [4.78, 5) is 11.9. The Labute approximate surface area is 218 Å². The number of pyridine rings is 2. The van der Waals surface area contributed by atoms with Crippen molar-refractivity contribution in [3.63, 3.8) is 0 Å². The normalized spacial score (nSPS) is 9.43. The molecule has 3 aromatic carbocycles. The second-order valence-corrected chi connectivity index (χ2v) is 7.15. The van der Waals surface area contributed by atoms with Gasteiger partial charge < -0.3 is 9.97 Å². The topological polar surface area (TPSA) is 53.9 Å². The number of rotatable bonds is 3. The van der Waals surface area contributed by atoms with E-state index in [1.807, 2.05) is 79.0 Å². The molecule has 0 spiro atoms. The van der Waals surface area contributed by atoms with Gasteiger partial charge in [0.05, 0.1) is 6.57 Å². The molecule has 0 N–H and O–H groups in total. The summed E-state index contributed by atoms with van der Waals surface area (Å²) < 4.78 is 0. The average Bonchev–Trinajstić information content (AvgIpc) is 2.94. The molecule has 4 nitrogen and oxygen atoms in total. The van der Waals surface area contributed by atoms with Crippen LogP contribution in [0.1, 0.15) is 5.56 Å². The van der Waals surface area contributed by atoms with Crippen LogP contribution in [0.2, 0.25) is 0 Å². The van der Waals surface area contributed by atoms with Crippen molar-refractivity contribution in [1.82, 2.24) is 9.97 Å². The Morgan fingerprint density at radius 3 is 2.14 bits per heavy atom. The van der Waals surface area contributed by atoms with Crippen LogP contribution < -0.4 is 0 Å². The largest absolute Gasteiger partial charge is 0.305 e. The van der Waals surface area contributed by atoms with Crippen LogP contribution in [0.4, 0.5) is 5.69 Å². The van der Waals surface area contributed by atoms with E-state index in [0.717, 1.165) is 28.1 Å². The van der Waals surface area contributed by atoms with E-state index >= 15 is 0 Å². The molecule has 2 aromatic heterocycles. The van der Waals surface area contributed by atoms with Crippen molar-refractivity contribution in [3.8, 4) is 39.7 Å². The number of hydrogen-bond acceptors (Lipinski definition) is 3. The number of hydrogen-bond donors (Lipinski definition) is 0. The zero-order valence-corrected chi connectivity index (χ0v) is 20.9. The molecular weight excluding hydrogens is 609 g/mol. The SMILES string of the molecule is [C-]#[N+]c1[c-]c(-c2ccccn2)ccc1C#N.[Ir].[c-]1ccccc1-c1ccc(-c2ccccc2)cn1. The smallest absolute Gasteiger partial charge is 0.123 e. The van der Waals surface area contributed by atoms with Gasteiger partial charge in [-0.05, 0) is 34.1 Å². The third-order valence-electron chi connectivity index (χ3n) is 4.95. The summed E-state index contributed by atoms with van der Waals surface area (Å²) in [6, 6.07) is 39.2. The second-order valence-electron chi connectivity index (χ2n) is 7.15. The summed E-state index contributed by atoms with van der Waals surface area (Å²) in [6.45, 7) is 6.97. The molecule has 0 saturated heterocycles. The Hall–Kier alpha value is -4.41. The molecule has 1 radical (unpaired) electrons. The Bertz CT molecular complexity index is 1380. The molecule has 169 valence electrons. The second kappa shape index (κ2) is 12.7. The van der Waals surface area contributed by atoms with E-state index in [1.165, 1.54) is 5.56 Å². The summed E-state index contributed by atoms with van der Waals surface area (Å²) in [5, 5.41) is 8.78. The predicted octanol–water partition coefficient (Wildman–Crippen LogP) is 7.18. The van der Waals surface area contributed by atoms with Crippen LogP contribution in [0.25, 0.3) is 38.5 Å². The van der Waals surface area contributed by atoms with Gasteiger partial charge in [-0.25, -0.2) is 5.26 Å². The molecule has 0 bridgehead atoms. The molecule has 0 fully saturated rings. The fourth-order valence-electron chi connectivity index (χ4n) is 3.24. The minimum Gasteiger partial charge on any atom is -0.305 e. The quantitative estimate of drug-likeness (QED) is 0.199. The van der Waals surface area contributed by atoms with E-state index < -0.39 is 0 Å². The van der Waals surface area contributed by atoms with Crippen molar-refractivity contribution in [2.45, 2.75) is 0 Å². The van der Waals surface area contributed by atoms with Crippen molar-refractivity contribution in [2.75, 3.05) is 0 Å². The minimum absolute atomic E-state index is 0. The van der Waals surface area contributed by atoms with Crippen molar-refractivity contribution in [2.24, 2.45) is 0 Å². The van der Waals surface area contributed by atoms with E-state index in [4.69, 9.17) is 11.8 Å². The van der Waals surface area contributed by atoms with Crippen molar-refractivity contribution in [1.29, 1.82) is 5.26 Å². The first kappa shape index (κ1) is 25.2. The van der Waals surface area contributed by atoms with Crippen LogP contribution in [-0.4, -0.2) is 9.97 Å². The van der Waals surface area contributed by atoms with Crippen molar-refractivity contribution < 1.29 is 20.1 Å². The number of nitrogens with zero attached hydrogens (tertiary/aromatic N) is 4. The first-order valence-electron chi connectivity index (χ1n) is 10.5. The van der Waals surface area contributed by atoms with Gasteiger partial charge in [0.25, 0.3) is 0 Å². The molecule has 35 heavy (non-hydrogen) atoms. The Balaban J connectivity index is 0.000000192. The summed E-state index contributed by atoms with van der Waals surface area (Å²) in [6.07, 6.45) is 3.59. The summed E-state index contributed by atoms with van der Waals surface area (Å²) in [7, 11) is 0. The fourth-order valence-corrected chi connectivity index (χ4v) is 3.24. The molecule has 0 aliphatic rings. The Morgan fingerprint density at radius 1 is 0.743 bits per heavy atom. The predicted molar refractivity (Wildman–Crippen MR) is 133 cm³/mol. The number of aromatic nitrogens is 2. The van der Waals surface area contributed by atoms with Crippen LogP contribution in [0.15, 0.2) is 109 Å². The van der Waals surface area contributed by atoms with E-state index in [1.54, 1.807) is 18.3 Å². The maximum absolute atomic E-state index is 8.78.